The molecule has 2 aromatic heterocycles. The van der Waals surface area contributed by atoms with Crippen molar-refractivity contribution in [3.8, 4) is 34.3 Å². The minimum atomic E-state index is 0.796. The fourth-order valence-electron chi connectivity index (χ4n) is 8.99. The maximum Gasteiger partial charge on any atom is 0.159 e. The second-order valence-corrected chi connectivity index (χ2v) is 17.7. The maximum atomic E-state index is 5.83. The molecule has 0 saturated heterocycles. The van der Waals surface area contributed by atoms with Crippen LogP contribution in [0.15, 0.2) is 73.3 Å². The van der Waals surface area contributed by atoms with Crippen molar-refractivity contribution in [1.82, 2.24) is 19.9 Å². The number of hydrogen-bond donors (Lipinski definition) is 0. The molecule has 2 aliphatic carbocycles. The molecule has 0 bridgehead atoms. The van der Waals surface area contributed by atoms with Crippen LogP contribution in [-0.4, -0.2) is 33.1 Å². The first-order valence-electron chi connectivity index (χ1n) is 24.1. The van der Waals surface area contributed by atoms with Crippen molar-refractivity contribution in [3.63, 3.8) is 0 Å². The van der Waals surface area contributed by atoms with Crippen LogP contribution in [0.2, 0.25) is 0 Å². The van der Waals surface area contributed by atoms with Gasteiger partial charge in [-0.25, -0.2) is 19.9 Å². The monoisotopic (exact) mass is 803 g/mol. The summed E-state index contributed by atoms with van der Waals surface area (Å²) in [6, 6.07) is 16.3. The Balaban J connectivity index is 0.000000224. The summed E-state index contributed by atoms with van der Waals surface area (Å²) in [6.07, 6.45) is 38.1. The highest BCUT2D eigenvalue weighted by atomic mass is 16.5. The Morgan fingerprint density at radius 1 is 0.424 bits per heavy atom. The first kappa shape index (κ1) is 46.3. The molecule has 2 aliphatic rings. The lowest BCUT2D eigenvalue weighted by molar-refractivity contribution is 0.252. The molecule has 0 atom stereocenters. The highest BCUT2D eigenvalue weighted by Gasteiger charge is 2.21. The third-order valence-electron chi connectivity index (χ3n) is 13.1. The van der Waals surface area contributed by atoms with E-state index in [1.54, 1.807) is 0 Å². The molecule has 0 amide bonds. The Labute approximate surface area is 359 Å². The Hall–Kier alpha value is -3.80. The number of nitrogens with zero attached hydrogens (tertiary/aromatic N) is 4. The smallest absolute Gasteiger partial charge is 0.159 e. The first-order valence-corrected chi connectivity index (χ1v) is 24.1. The quantitative estimate of drug-likeness (QED) is 0.0696. The van der Waals surface area contributed by atoms with Gasteiger partial charge in [-0.3, -0.25) is 0 Å². The van der Waals surface area contributed by atoms with Gasteiger partial charge in [-0.05, 0) is 122 Å². The van der Waals surface area contributed by atoms with Crippen molar-refractivity contribution in [3.05, 3.63) is 84.4 Å². The van der Waals surface area contributed by atoms with Gasteiger partial charge in [-0.1, -0.05) is 137 Å². The third-order valence-corrected chi connectivity index (χ3v) is 13.1. The number of unbranched alkanes of at least 4 members (excludes halogenated alkanes) is 6. The molecule has 2 aromatic carbocycles. The predicted octanol–water partition coefficient (Wildman–Crippen LogP) is 14.9. The summed E-state index contributed by atoms with van der Waals surface area (Å²) in [6.45, 7) is 10.7. The van der Waals surface area contributed by atoms with Crippen molar-refractivity contribution in [2.45, 2.75) is 175 Å². The minimum Gasteiger partial charge on any atom is -0.494 e. The van der Waals surface area contributed by atoms with Crippen LogP contribution in [0.1, 0.15) is 174 Å². The summed E-state index contributed by atoms with van der Waals surface area (Å²) in [7, 11) is 0. The van der Waals surface area contributed by atoms with E-state index in [1.807, 2.05) is 49.1 Å². The first-order chi connectivity index (χ1) is 29.1. The maximum absolute atomic E-state index is 5.83. The molecule has 2 fully saturated rings. The Morgan fingerprint density at radius 3 is 1.15 bits per heavy atom. The number of aromatic nitrogens is 4. The van der Waals surface area contributed by atoms with E-state index in [0.29, 0.717) is 0 Å². The van der Waals surface area contributed by atoms with Crippen LogP contribution < -0.4 is 9.47 Å². The van der Waals surface area contributed by atoms with Gasteiger partial charge in [0.2, 0.25) is 0 Å². The van der Waals surface area contributed by atoms with Gasteiger partial charge in [0.05, 0.1) is 13.2 Å². The standard InChI is InChI=1S/C27H40N2O.C26H38N2O/c1-3-5-6-7-19-30-26-17-15-25(16-18-26)27-28-20-24(21-29-27)14-13-23-11-9-22(8-4-2)10-12-23;1-3-5-6-7-18-29-25-16-14-24(15-17-25)26-27-19-23(20-28-26)13-12-22-10-8-21(4-2)9-11-22/h15-18,20-23H,3-14,19H2,1-2H3;14-17,19-22H,3-13,18H2,1-2H3. The van der Waals surface area contributed by atoms with Gasteiger partial charge in [-0.2, -0.15) is 0 Å². The number of rotatable bonds is 23. The van der Waals surface area contributed by atoms with Gasteiger partial charge in [-0.15, -0.1) is 0 Å². The second-order valence-electron chi connectivity index (χ2n) is 17.7. The van der Waals surface area contributed by atoms with E-state index in [0.717, 1.165) is 96.8 Å². The lowest BCUT2D eigenvalue weighted by Gasteiger charge is -2.28. The summed E-state index contributed by atoms with van der Waals surface area (Å²) in [4.78, 5) is 18.5. The van der Waals surface area contributed by atoms with Crippen LogP contribution in [0.4, 0.5) is 0 Å². The van der Waals surface area contributed by atoms with Crippen molar-refractivity contribution in [1.29, 1.82) is 0 Å². The molecule has 2 saturated carbocycles. The van der Waals surface area contributed by atoms with Crippen molar-refractivity contribution < 1.29 is 9.47 Å². The normalized spacial score (nSPS) is 19.1. The van der Waals surface area contributed by atoms with Crippen molar-refractivity contribution >= 4 is 0 Å². The fourth-order valence-corrected chi connectivity index (χ4v) is 8.99. The Bertz CT molecular complexity index is 1640. The van der Waals surface area contributed by atoms with E-state index in [9.17, 15) is 0 Å². The van der Waals surface area contributed by atoms with E-state index in [4.69, 9.17) is 9.47 Å². The predicted molar refractivity (Wildman–Crippen MR) is 247 cm³/mol. The largest absolute Gasteiger partial charge is 0.494 e. The zero-order valence-corrected chi connectivity index (χ0v) is 37.5. The van der Waals surface area contributed by atoms with E-state index in [1.165, 1.54) is 133 Å². The molecular formula is C53H78N4O2. The molecule has 59 heavy (non-hydrogen) atoms. The van der Waals surface area contributed by atoms with Crippen molar-refractivity contribution in [2.75, 3.05) is 13.2 Å². The molecule has 0 unspecified atom stereocenters. The average Bonchev–Trinajstić information content (AvgIpc) is 3.29. The van der Waals surface area contributed by atoms with Crippen LogP contribution in [-0.2, 0) is 12.8 Å². The minimum absolute atomic E-state index is 0.796. The SMILES string of the molecule is CCCCCCOc1ccc(-c2ncc(CCC3CCC(CC)CC3)cn2)cc1.CCCCCCOc1ccc(-c2ncc(CCC3CCC(CCC)CC3)cn2)cc1. The highest BCUT2D eigenvalue weighted by molar-refractivity contribution is 5.56. The molecule has 322 valence electrons. The van der Waals surface area contributed by atoms with Crippen LogP contribution in [0.5, 0.6) is 11.5 Å². The van der Waals surface area contributed by atoms with Crippen LogP contribution in [0.25, 0.3) is 22.8 Å². The number of benzene rings is 2. The van der Waals surface area contributed by atoms with E-state index in [-0.39, 0.29) is 0 Å². The topological polar surface area (TPSA) is 70.0 Å². The number of hydrogen-bond acceptors (Lipinski definition) is 6. The molecule has 6 nitrogen and oxygen atoms in total. The van der Waals surface area contributed by atoms with Gasteiger partial charge in [0.25, 0.3) is 0 Å². The van der Waals surface area contributed by atoms with Gasteiger partial charge in [0.15, 0.2) is 11.6 Å². The lowest BCUT2D eigenvalue weighted by atomic mass is 9.78. The van der Waals surface area contributed by atoms with E-state index < -0.39 is 0 Å². The second kappa shape index (κ2) is 27.1. The Morgan fingerprint density at radius 2 is 0.797 bits per heavy atom. The number of aryl methyl sites for hydroxylation is 2. The fraction of sp³-hybridized carbons (Fsp3) is 0.623. The Kier molecular flexibility index (Phi) is 21.3. The number of ether oxygens (including phenoxy) is 2. The molecule has 0 spiro atoms. The average molecular weight is 803 g/mol. The molecule has 0 N–H and O–H groups in total. The van der Waals surface area contributed by atoms with E-state index >= 15 is 0 Å². The van der Waals surface area contributed by atoms with Gasteiger partial charge >= 0.3 is 0 Å². The lowest BCUT2D eigenvalue weighted by Crippen LogP contribution is -2.15. The molecule has 2 heterocycles. The zero-order chi connectivity index (χ0) is 41.3. The summed E-state index contributed by atoms with van der Waals surface area (Å²) in [5.74, 6) is 7.22. The molecule has 0 radical (unpaired) electrons. The van der Waals surface area contributed by atoms with E-state index in [2.05, 4.69) is 71.9 Å². The zero-order valence-electron chi connectivity index (χ0n) is 37.5. The molecule has 4 aromatic rings. The summed E-state index contributed by atoms with van der Waals surface area (Å²) < 4.78 is 11.7. The van der Waals surface area contributed by atoms with Crippen LogP contribution in [0.3, 0.4) is 0 Å². The molecule has 6 rings (SSSR count). The van der Waals surface area contributed by atoms with Gasteiger partial charge < -0.3 is 9.47 Å². The highest BCUT2D eigenvalue weighted by Crippen LogP contribution is 2.35. The van der Waals surface area contributed by atoms with Gasteiger partial charge in [0.1, 0.15) is 11.5 Å². The summed E-state index contributed by atoms with van der Waals surface area (Å²) >= 11 is 0. The summed E-state index contributed by atoms with van der Waals surface area (Å²) in [5, 5.41) is 0. The summed E-state index contributed by atoms with van der Waals surface area (Å²) in [5.41, 5.74) is 4.63. The third kappa shape index (κ3) is 17.0. The molecule has 6 heteroatoms. The van der Waals surface area contributed by atoms with Crippen LogP contribution in [0, 0.1) is 23.7 Å². The van der Waals surface area contributed by atoms with Crippen molar-refractivity contribution in [2.24, 2.45) is 23.7 Å². The van der Waals surface area contributed by atoms with Gasteiger partial charge in [0, 0.05) is 35.9 Å². The molecule has 0 aliphatic heterocycles. The van der Waals surface area contributed by atoms with Crippen LogP contribution >= 0.6 is 0 Å². The molecular weight excluding hydrogens is 725 g/mol.